The van der Waals surface area contributed by atoms with Crippen molar-refractivity contribution in [2.75, 3.05) is 18.1 Å². The average Bonchev–Trinajstić information content (AvgIpc) is 2.48. The van der Waals surface area contributed by atoms with E-state index in [9.17, 15) is 9.90 Å². The number of anilines is 1. The van der Waals surface area contributed by atoms with Crippen LogP contribution in [0.4, 0.5) is 5.69 Å². The number of nitrogens with zero attached hydrogens (tertiary/aromatic N) is 1. The number of rotatable bonds is 8. The van der Waals surface area contributed by atoms with E-state index in [1.807, 2.05) is 49.1 Å². The Hall–Kier alpha value is -1.55. The highest BCUT2D eigenvalue weighted by atomic mass is 16.3. The fourth-order valence-electron chi connectivity index (χ4n) is 2.12. The lowest BCUT2D eigenvalue weighted by atomic mass is 10.1. The Morgan fingerprint density at radius 2 is 1.86 bits per heavy atom. The van der Waals surface area contributed by atoms with Crippen LogP contribution in [0.2, 0.25) is 0 Å². The van der Waals surface area contributed by atoms with Gasteiger partial charge in [0.2, 0.25) is 5.91 Å². The molecule has 0 fully saturated rings. The number of amides is 1. The summed E-state index contributed by atoms with van der Waals surface area (Å²) >= 11 is 0. The van der Waals surface area contributed by atoms with Crippen molar-refractivity contribution in [1.29, 1.82) is 0 Å². The standard InChI is InChI=1S/C17H28N2O2/c1-5-15(12-20)19(16-9-7-6-8-10-16)11-17(21)18-14(4)13(2)3/h6-10,13-15,20H,5,11-12H2,1-4H3,(H,18,21). The molecule has 4 heteroatoms. The van der Waals surface area contributed by atoms with Crippen LogP contribution in [0.3, 0.4) is 0 Å². The molecule has 118 valence electrons. The predicted octanol–water partition coefficient (Wildman–Crippen LogP) is 2.42. The Morgan fingerprint density at radius 3 is 2.33 bits per heavy atom. The van der Waals surface area contributed by atoms with E-state index in [4.69, 9.17) is 0 Å². The summed E-state index contributed by atoms with van der Waals surface area (Å²) in [7, 11) is 0. The van der Waals surface area contributed by atoms with Crippen molar-refractivity contribution in [3.63, 3.8) is 0 Å². The van der Waals surface area contributed by atoms with E-state index in [0.29, 0.717) is 5.92 Å². The number of hydrogen-bond acceptors (Lipinski definition) is 3. The molecule has 1 aromatic carbocycles. The van der Waals surface area contributed by atoms with Gasteiger partial charge in [-0.05, 0) is 31.4 Å². The van der Waals surface area contributed by atoms with Crippen molar-refractivity contribution in [3.05, 3.63) is 30.3 Å². The maximum atomic E-state index is 12.2. The van der Waals surface area contributed by atoms with Crippen LogP contribution in [-0.4, -0.2) is 36.2 Å². The molecule has 0 radical (unpaired) electrons. The van der Waals surface area contributed by atoms with Crippen LogP contribution in [0.15, 0.2) is 30.3 Å². The van der Waals surface area contributed by atoms with Crippen molar-refractivity contribution in [3.8, 4) is 0 Å². The van der Waals surface area contributed by atoms with Crippen LogP contribution < -0.4 is 10.2 Å². The molecule has 1 amide bonds. The summed E-state index contributed by atoms with van der Waals surface area (Å²) in [6.45, 7) is 8.51. The summed E-state index contributed by atoms with van der Waals surface area (Å²) in [6, 6.07) is 9.87. The number of aliphatic hydroxyl groups is 1. The van der Waals surface area contributed by atoms with E-state index < -0.39 is 0 Å². The van der Waals surface area contributed by atoms with Crippen LogP contribution in [-0.2, 0) is 4.79 Å². The molecule has 0 heterocycles. The first-order valence-corrected chi connectivity index (χ1v) is 7.71. The third-order valence-electron chi connectivity index (χ3n) is 3.91. The molecular weight excluding hydrogens is 264 g/mol. The molecular formula is C17H28N2O2. The fourth-order valence-corrected chi connectivity index (χ4v) is 2.12. The van der Waals surface area contributed by atoms with Gasteiger partial charge in [-0.3, -0.25) is 4.79 Å². The quantitative estimate of drug-likeness (QED) is 0.773. The van der Waals surface area contributed by atoms with Crippen LogP contribution in [0.5, 0.6) is 0 Å². The number of carbonyl (C=O) groups is 1. The normalized spacial score (nSPS) is 13.8. The van der Waals surface area contributed by atoms with Crippen molar-refractivity contribution in [2.24, 2.45) is 5.92 Å². The minimum atomic E-state index is -0.0486. The molecule has 1 rings (SSSR count). The van der Waals surface area contributed by atoms with Crippen LogP contribution in [0.25, 0.3) is 0 Å². The van der Waals surface area contributed by atoms with Gasteiger partial charge < -0.3 is 15.3 Å². The van der Waals surface area contributed by atoms with Crippen molar-refractivity contribution in [1.82, 2.24) is 5.32 Å². The molecule has 0 bridgehead atoms. The van der Waals surface area contributed by atoms with Gasteiger partial charge in [-0.15, -0.1) is 0 Å². The largest absolute Gasteiger partial charge is 0.394 e. The molecule has 21 heavy (non-hydrogen) atoms. The second-order valence-electron chi connectivity index (χ2n) is 5.81. The van der Waals surface area contributed by atoms with E-state index in [1.54, 1.807) is 0 Å². The molecule has 0 aliphatic rings. The zero-order valence-corrected chi connectivity index (χ0v) is 13.5. The number of carbonyl (C=O) groups excluding carboxylic acids is 1. The molecule has 1 aromatic rings. The third-order valence-corrected chi connectivity index (χ3v) is 3.91. The SMILES string of the molecule is CCC(CO)N(CC(=O)NC(C)C(C)C)c1ccccc1. The van der Waals surface area contributed by atoms with Crippen LogP contribution >= 0.6 is 0 Å². The maximum absolute atomic E-state index is 12.2. The molecule has 0 spiro atoms. The zero-order valence-electron chi connectivity index (χ0n) is 13.5. The monoisotopic (exact) mass is 292 g/mol. The molecule has 0 saturated heterocycles. The van der Waals surface area contributed by atoms with Gasteiger partial charge >= 0.3 is 0 Å². The van der Waals surface area contributed by atoms with Gasteiger partial charge in [-0.25, -0.2) is 0 Å². The molecule has 4 nitrogen and oxygen atoms in total. The minimum absolute atomic E-state index is 0.00745. The zero-order chi connectivity index (χ0) is 15.8. The van der Waals surface area contributed by atoms with E-state index in [-0.39, 0.29) is 31.1 Å². The summed E-state index contributed by atoms with van der Waals surface area (Å²) < 4.78 is 0. The number of benzene rings is 1. The van der Waals surface area contributed by atoms with Gasteiger partial charge in [0, 0.05) is 11.7 Å². The van der Waals surface area contributed by atoms with E-state index in [0.717, 1.165) is 12.1 Å². The highest BCUT2D eigenvalue weighted by molar-refractivity contribution is 5.81. The summed E-state index contributed by atoms with van der Waals surface area (Å²) in [4.78, 5) is 14.2. The van der Waals surface area contributed by atoms with Gasteiger partial charge in [-0.1, -0.05) is 39.0 Å². The Morgan fingerprint density at radius 1 is 1.24 bits per heavy atom. The lowest BCUT2D eigenvalue weighted by Crippen LogP contribution is -2.47. The second-order valence-corrected chi connectivity index (χ2v) is 5.81. The lowest BCUT2D eigenvalue weighted by molar-refractivity contribution is -0.120. The van der Waals surface area contributed by atoms with Gasteiger partial charge in [0.1, 0.15) is 0 Å². The highest BCUT2D eigenvalue weighted by Gasteiger charge is 2.20. The van der Waals surface area contributed by atoms with Crippen molar-refractivity contribution < 1.29 is 9.90 Å². The Labute approximate surface area is 128 Å². The summed E-state index contributed by atoms with van der Waals surface area (Å²) in [5.74, 6) is 0.394. The van der Waals surface area contributed by atoms with Crippen LogP contribution in [0, 0.1) is 5.92 Å². The smallest absolute Gasteiger partial charge is 0.239 e. The third kappa shape index (κ3) is 5.38. The highest BCUT2D eigenvalue weighted by Crippen LogP contribution is 2.18. The number of aliphatic hydroxyl groups excluding tert-OH is 1. The van der Waals surface area contributed by atoms with E-state index >= 15 is 0 Å². The molecule has 2 N–H and O–H groups in total. The molecule has 0 aromatic heterocycles. The molecule has 2 unspecified atom stereocenters. The maximum Gasteiger partial charge on any atom is 0.239 e. The predicted molar refractivity (Wildman–Crippen MR) is 87.4 cm³/mol. The summed E-state index contributed by atoms with van der Waals surface area (Å²) in [6.07, 6.45) is 0.790. The molecule has 0 saturated carbocycles. The first-order chi connectivity index (χ1) is 9.99. The average molecular weight is 292 g/mol. The van der Waals surface area contributed by atoms with Crippen LogP contribution in [0.1, 0.15) is 34.1 Å². The lowest BCUT2D eigenvalue weighted by Gasteiger charge is -2.32. The number of hydrogen-bond donors (Lipinski definition) is 2. The minimum Gasteiger partial charge on any atom is -0.394 e. The van der Waals surface area contributed by atoms with Gasteiger partial charge in [0.05, 0.1) is 19.2 Å². The second kappa shape index (κ2) is 8.67. The molecule has 0 aliphatic heterocycles. The van der Waals surface area contributed by atoms with E-state index in [1.165, 1.54) is 0 Å². The Balaban J connectivity index is 2.81. The van der Waals surface area contributed by atoms with E-state index in [2.05, 4.69) is 19.2 Å². The topological polar surface area (TPSA) is 52.6 Å². The first kappa shape index (κ1) is 17.5. The van der Waals surface area contributed by atoms with Gasteiger partial charge in [0.15, 0.2) is 0 Å². The summed E-state index contributed by atoms with van der Waals surface area (Å²) in [5.41, 5.74) is 0.964. The first-order valence-electron chi connectivity index (χ1n) is 7.71. The number of para-hydroxylation sites is 1. The Kier molecular flexibility index (Phi) is 7.23. The molecule has 2 atom stereocenters. The van der Waals surface area contributed by atoms with Crippen molar-refractivity contribution >= 4 is 11.6 Å². The molecule has 0 aliphatic carbocycles. The fraction of sp³-hybridized carbons (Fsp3) is 0.588. The Bertz CT molecular complexity index is 416. The van der Waals surface area contributed by atoms with Gasteiger partial charge in [-0.2, -0.15) is 0 Å². The summed E-state index contributed by atoms with van der Waals surface area (Å²) in [5, 5.41) is 12.6. The van der Waals surface area contributed by atoms with Gasteiger partial charge in [0.25, 0.3) is 0 Å². The van der Waals surface area contributed by atoms with Crippen molar-refractivity contribution in [2.45, 2.75) is 46.2 Å². The number of nitrogens with one attached hydrogen (secondary N) is 1.